The van der Waals surface area contributed by atoms with Crippen LogP contribution in [0.4, 0.5) is 0 Å². The summed E-state index contributed by atoms with van der Waals surface area (Å²) in [4.78, 5) is 21.5. The Morgan fingerprint density at radius 1 is 1.29 bits per heavy atom. The number of guanidine groups is 1. The molecule has 1 fully saturated rings. The summed E-state index contributed by atoms with van der Waals surface area (Å²) >= 11 is 0. The molecule has 0 aromatic heterocycles. The monoisotopic (exact) mass is 500 g/mol. The van der Waals surface area contributed by atoms with Crippen molar-refractivity contribution in [1.29, 1.82) is 0 Å². The molecule has 2 unspecified atom stereocenters. The first-order valence-electron chi connectivity index (χ1n) is 10.0. The van der Waals surface area contributed by atoms with Crippen molar-refractivity contribution in [1.82, 2.24) is 15.1 Å². The van der Waals surface area contributed by atoms with E-state index in [9.17, 15) is 4.79 Å². The predicted molar refractivity (Wildman–Crippen MR) is 123 cm³/mol. The van der Waals surface area contributed by atoms with Crippen LogP contribution < -0.4 is 5.32 Å². The van der Waals surface area contributed by atoms with Gasteiger partial charge in [-0.3, -0.25) is 14.7 Å². The minimum Gasteiger partial charge on any atom is -0.469 e. The van der Waals surface area contributed by atoms with E-state index < -0.39 is 0 Å². The minimum absolute atomic E-state index is 0. The van der Waals surface area contributed by atoms with Crippen LogP contribution in [0.2, 0.25) is 0 Å². The van der Waals surface area contributed by atoms with Crippen LogP contribution in [0.1, 0.15) is 25.0 Å². The van der Waals surface area contributed by atoms with Crippen LogP contribution in [0.3, 0.4) is 0 Å². The molecule has 2 aliphatic heterocycles. The molecule has 0 radical (unpaired) electrons. The van der Waals surface area contributed by atoms with Crippen molar-refractivity contribution in [3.8, 4) is 0 Å². The third-order valence-corrected chi connectivity index (χ3v) is 5.64. The van der Waals surface area contributed by atoms with Gasteiger partial charge in [0.05, 0.1) is 19.6 Å². The molecule has 2 aliphatic rings. The Hall–Kier alpha value is -1.35. The molecule has 28 heavy (non-hydrogen) atoms. The summed E-state index contributed by atoms with van der Waals surface area (Å²) < 4.78 is 4.95. The molecule has 1 aromatic rings. The lowest BCUT2D eigenvalue weighted by Crippen LogP contribution is -2.41. The maximum Gasteiger partial charge on any atom is 0.310 e. The van der Waals surface area contributed by atoms with Crippen LogP contribution in [-0.2, 0) is 22.5 Å². The summed E-state index contributed by atoms with van der Waals surface area (Å²) in [5, 5.41) is 3.38. The highest BCUT2D eigenvalue weighted by Gasteiger charge is 2.36. The number of hydrogen-bond acceptors (Lipinski definition) is 4. The first-order chi connectivity index (χ1) is 13.1. The zero-order valence-corrected chi connectivity index (χ0v) is 19.5. The molecule has 2 heterocycles. The smallest absolute Gasteiger partial charge is 0.310 e. The second kappa shape index (κ2) is 11.0. The van der Waals surface area contributed by atoms with E-state index >= 15 is 0 Å². The first-order valence-corrected chi connectivity index (χ1v) is 10.0. The van der Waals surface area contributed by atoms with Crippen molar-refractivity contribution in [3.63, 3.8) is 0 Å². The van der Waals surface area contributed by atoms with Crippen LogP contribution in [0.25, 0.3) is 0 Å². The van der Waals surface area contributed by atoms with Gasteiger partial charge in [-0.1, -0.05) is 31.2 Å². The number of halogens is 1. The predicted octanol–water partition coefficient (Wildman–Crippen LogP) is 2.37. The van der Waals surface area contributed by atoms with Gasteiger partial charge in [0.2, 0.25) is 0 Å². The number of ether oxygens (including phenoxy) is 1. The standard InChI is InChI=1S/C21H32N4O2.HI/c1-4-22-21(25-13-16(2)19(15-25)20(26)27-3)23-10-12-24-11-9-17-7-5-6-8-18(17)14-24;/h5-8,16,19H,4,9-15H2,1-3H3,(H,22,23);1H. The van der Waals surface area contributed by atoms with Gasteiger partial charge < -0.3 is 15.0 Å². The van der Waals surface area contributed by atoms with E-state index in [0.29, 0.717) is 6.54 Å². The Morgan fingerprint density at radius 2 is 2.04 bits per heavy atom. The van der Waals surface area contributed by atoms with E-state index in [1.807, 2.05) is 0 Å². The maximum atomic E-state index is 12.0. The third kappa shape index (κ3) is 5.59. The number of hydrogen-bond donors (Lipinski definition) is 1. The van der Waals surface area contributed by atoms with E-state index in [0.717, 1.165) is 51.6 Å². The molecule has 1 saturated heterocycles. The number of benzene rings is 1. The van der Waals surface area contributed by atoms with Gasteiger partial charge in [0, 0.05) is 39.3 Å². The number of nitrogens with one attached hydrogen (secondary N) is 1. The molecular formula is C21H33IN4O2. The summed E-state index contributed by atoms with van der Waals surface area (Å²) in [6.45, 7) is 10.3. The molecular weight excluding hydrogens is 467 g/mol. The molecule has 1 N–H and O–H groups in total. The molecule has 6 nitrogen and oxygen atoms in total. The number of aliphatic imine (C=N–C) groups is 1. The maximum absolute atomic E-state index is 12.0. The van der Waals surface area contributed by atoms with E-state index in [-0.39, 0.29) is 41.8 Å². The summed E-state index contributed by atoms with van der Waals surface area (Å²) in [6.07, 6.45) is 1.12. The summed E-state index contributed by atoms with van der Waals surface area (Å²) in [5.41, 5.74) is 2.92. The lowest BCUT2D eigenvalue weighted by atomic mass is 9.99. The molecule has 0 aliphatic carbocycles. The van der Waals surface area contributed by atoms with Crippen LogP contribution in [0.5, 0.6) is 0 Å². The highest BCUT2D eigenvalue weighted by molar-refractivity contribution is 14.0. The number of likely N-dealkylation sites (tertiary alicyclic amines) is 1. The number of esters is 1. The first kappa shape index (κ1) is 22.9. The molecule has 0 spiro atoms. The molecule has 1 aromatic carbocycles. The van der Waals surface area contributed by atoms with Gasteiger partial charge in [-0.2, -0.15) is 0 Å². The van der Waals surface area contributed by atoms with Crippen LogP contribution in [0.15, 0.2) is 29.3 Å². The largest absolute Gasteiger partial charge is 0.469 e. The Balaban J connectivity index is 0.00000280. The lowest BCUT2D eigenvalue weighted by molar-refractivity contribution is -0.145. The van der Waals surface area contributed by atoms with Gasteiger partial charge in [-0.25, -0.2) is 0 Å². The number of carbonyl (C=O) groups excluding carboxylic acids is 1. The van der Waals surface area contributed by atoms with E-state index in [2.05, 4.69) is 53.2 Å². The van der Waals surface area contributed by atoms with E-state index in [1.54, 1.807) is 0 Å². The number of methoxy groups -OCH3 is 1. The van der Waals surface area contributed by atoms with Crippen molar-refractivity contribution in [2.45, 2.75) is 26.8 Å². The minimum atomic E-state index is -0.118. The van der Waals surface area contributed by atoms with Crippen molar-refractivity contribution < 1.29 is 9.53 Å². The van der Waals surface area contributed by atoms with E-state index in [1.165, 1.54) is 18.2 Å². The summed E-state index contributed by atoms with van der Waals surface area (Å²) in [7, 11) is 1.47. The molecule has 0 amide bonds. The number of fused-ring (bicyclic) bond motifs is 1. The second-order valence-electron chi connectivity index (χ2n) is 7.54. The van der Waals surface area contributed by atoms with Crippen LogP contribution in [-0.4, -0.2) is 68.1 Å². The molecule has 156 valence electrons. The molecule has 7 heteroatoms. The van der Waals surface area contributed by atoms with Crippen LogP contribution in [0, 0.1) is 11.8 Å². The summed E-state index contributed by atoms with van der Waals surface area (Å²) in [6, 6.07) is 8.71. The van der Waals surface area contributed by atoms with Crippen molar-refractivity contribution in [2.24, 2.45) is 16.8 Å². The highest BCUT2D eigenvalue weighted by Crippen LogP contribution is 2.24. The summed E-state index contributed by atoms with van der Waals surface area (Å²) in [5.74, 6) is 0.998. The Labute approximate surface area is 185 Å². The fraction of sp³-hybridized carbons (Fsp3) is 0.619. The van der Waals surface area contributed by atoms with Gasteiger partial charge in [0.15, 0.2) is 5.96 Å². The second-order valence-corrected chi connectivity index (χ2v) is 7.54. The Morgan fingerprint density at radius 3 is 2.75 bits per heavy atom. The molecule has 2 atom stereocenters. The highest BCUT2D eigenvalue weighted by atomic mass is 127. The number of rotatable bonds is 5. The van der Waals surface area contributed by atoms with Gasteiger partial charge in [0.25, 0.3) is 0 Å². The van der Waals surface area contributed by atoms with Crippen molar-refractivity contribution in [3.05, 3.63) is 35.4 Å². The van der Waals surface area contributed by atoms with E-state index in [4.69, 9.17) is 9.73 Å². The number of carbonyl (C=O) groups is 1. The fourth-order valence-corrected chi connectivity index (χ4v) is 4.07. The molecule has 3 rings (SSSR count). The zero-order chi connectivity index (χ0) is 19.2. The van der Waals surface area contributed by atoms with Crippen LogP contribution >= 0.6 is 24.0 Å². The van der Waals surface area contributed by atoms with Crippen molar-refractivity contribution >= 4 is 35.9 Å². The third-order valence-electron chi connectivity index (χ3n) is 5.64. The topological polar surface area (TPSA) is 57.2 Å². The van der Waals surface area contributed by atoms with Crippen molar-refractivity contribution in [2.75, 3.05) is 46.4 Å². The van der Waals surface area contributed by atoms with Gasteiger partial charge in [0.1, 0.15) is 0 Å². The lowest BCUT2D eigenvalue weighted by Gasteiger charge is -2.28. The molecule has 0 saturated carbocycles. The Bertz CT molecular complexity index is 682. The Kier molecular flexibility index (Phi) is 9.01. The fourth-order valence-electron chi connectivity index (χ4n) is 4.07. The van der Waals surface area contributed by atoms with Gasteiger partial charge >= 0.3 is 5.97 Å². The number of nitrogens with zero attached hydrogens (tertiary/aromatic N) is 3. The average molecular weight is 500 g/mol. The van der Waals surface area contributed by atoms with Gasteiger partial charge in [-0.05, 0) is 30.4 Å². The molecule has 0 bridgehead atoms. The SMILES string of the molecule is CCNC(=NCCN1CCc2ccccc2C1)N1CC(C)C(C(=O)OC)C1.I. The average Bonchev–Trinajstić information content (AvgIpc) is 3.08. The quantitative estimate of drug-likeness (QED) is 0.291. The zero-order valence-electron chi connectivity index (χ0n) is 17.2. The normalized spacial score (nSPS) is 22.4. The van der Waals surface area contributed by atoms with Gasteiger partial charge in [-0.15, -0.1) is 24.0 Å².